The smallest absolute Gasteiger partial charge is 0.321 e. The maximum atomic E-state index is 12.4. The molecule has 3 amide bonds. The molecule has 2 heterocycles. The molecule has 136 valence electrons. The lowest BCUT2D eigenvalue weighted by molar-refractivity contribution is -0.119. The van der Waals surface area contributed by atoms with Gasteiger partial charge in [0.2, 0.25) is 5.91 Å². The van der Waals surface area contributed by atoms with Gasteiger partial charge in [-0.2, -0.15) is 0 Å². The average Bonchev–Trinajstić information content (AvgIpc) is 3.28. The molecule has 1 atom stereocenters. The highest BCUT2D eigenvalue weighted by atomic mass is 16.5. The van der Waals surface area contributed by atoms with Crippen molar-refractivity contribution in [3.63, 3.8) is 0 Å². The monoisotopic (exact) mass is 346 g/mol. The highest BCUT2D eigenvalue weighted by molar-refractivity contribution is 5.93. The molecule has 3 rings (SSSR count). The van der Waals surface area contributed by atoms with Crippen LogP contribution >= 0.6 is 0 Å². The third-order valence-electron chi connectivity index (χ3n) is 4.80. The minimum absolute atomic E-state index is 0.0195. The number of benzene rings is 1. The van der Waals surface area contributed by atoms with E-state index >= 15 is 0 Å². The van der Waals surface area contributed by atoms with Crippen LogP contribution in [0.15, 0.2) is 24.3 Å². The zero-order chi connectivity index (χ0) is 17.6. The lowest BCUT2D eigenvalue weighted by Crippen LogP contribution is -2.38. The number of hydrogen-bond donors (Lipinski definition) is 2. The van der Waals surface area contributed by atoms with Gasteiger partial charge in [0.05, 0.1) is 0 Å². The number of nitrogens with zero attached hydrogens (tertiary/aromatic N) is 2. The van der Waals surface area contributed by atoms with E-state index in [0.717, 1.165) is 38.3 Å². The first-order chi connectivity index (χ1) is 12.2. The highest BCUT2D eigenvalue weighted by Gasteiger charge is 2.31. The molecule has 1 unspecified atom stereocenters. The molecule has 7 heteroatoms. The van der Waals surface area contributed by atoms with Gasteiger partial charge in [0.1, 0.15) is 6.61 Å². The molecule has 0 saturated carbocycles. The average molecular weight is 346 g/mol. The first-order valence-electron chi connectivity index (χ1n) is 8.84. The SMILES string of the molecule is COCC(=O)Nc1ccc(NC(=O)N2CCC(N3CCCC3)C2)cc1. The highest BCUT2D eigenvalue weighted by Crippen LogP contribution is 2.21. The number of likely N-dealkylation sites (tertiary alicyclic amines) is 2. The Balaban J connectivity index is 1.48. The van der Waals surface area contributed by atoms with Crippen molar-refractivity contribution in [2.45, 2.75) is 25.3 Å². The van der Waals surface area contributed by atoms with Gasteiger partial charge in [-0.15, -0.1) is 0 Å². The second-order valence-corrected chi connectivity index (χ2v) is 6.62. The van der Waals surface area contributed by atoms with Gasteiger partial charge in [0, 0.05) is 37.6 Å². The van der Waals surface area contributed by atoms with Crippen LogP contribution in [0.5, 0.6) is 0 Å². The molecule has 2 saturated heterocycles. The molecule has 2 aliphatic rings. The van der Waals surface area contributed by atoms with E-state index in [0.29, 0.717) is 11.7 Å². The molecule has 0 radical (unpaired) electrons. The van der Waals surface area contributed by atoms with Crippen molar-refractivity contribution in [1.82, 2.24) is 9.80 Å². The van der Waals surface area contributed by atoms with Crippen LogP contribution in [-0.2, 0) is 9.53 Å². The summed E-state index contributed by atoms with van der Waals surface area (Å²) in [5.41, 5.74) is 1.40. The Bertz CT molecular complexity index is 599. The molecule has 0 bridgehead atoms. The van der Waals surface area contributed by atoms with Gasteiger partial charge in [-0.25, -0.2) is 4.79 Å². The van der Waals surface area contributed by atoms with E-state index in [4.69, 9.17) is 4.74 Å². The lowest BCUT2D eigenvalue weighted by atomic mass is 10.2. The van der Waals surface area contributed by atoms with Crippen molar-refractivity contribution in [3.8, 4) is 0 Å². The Morgan fingerprint density at radius 1 is 1.08 bits per heavy atom. The summed E-state index contributed by atoms with van der Waals surface area (Å²) in [6.45, 7) is 3.95. The quantitative estimate of drug-likeness (QED) is 0.855. The van der Waals surface area contributed by atoms with E-state index in [1.165, 1.54) is 20.0 Å². The first-order valence-corrected chi connectivity index (χ1v) is 8.84. The maximum Gasteiger partial charge on any atom is 0.321 e. The predicted octanol–water partition coefficient (Wildman–Crippen LogP) is 1.97. The van der Waals surface area contributed by atoms with Gasteiger partial charge in [-0.3, -0.25) is 9.69 Å². The van der Waals surface area contributed by atoms with Crippen LogP contribution in [0.1, 0.15) is 19.3 Å². The van der Waals surface area contributed by atoms with Crippen LogP contribution in [0.25, 0.3) is 0 Å². The largest absolute Gasteiger partial charge is 0.375 e. The van der Waals surface area contributed by atoms with E-state index in [1.807, 2.05) is 4.90 Å². The van der Waals surface area contributed by atoms with E-state index in [1.54, 1.807) is 24.3 Å². The summed E-state index contributed by atoms with van der Waals surface area (Å²) in [7, 11) is 1.48. The normalized spacial score (nSPS) is 20.7. The summed E-state index contributed by atoms with van der Waals surface area (Å²) >= 11 is 0. The number of rotatable bonds is 5. The van der Waals surface area contributed by atoms with Crippen molar-refractivity contribution in [1.29, 1.82) is 0 Å². The third kappa shape index (κ3) is 4.70. The van der Waals surface area contributed by atoms with Crippen LogP contribution in [-0.4, -0.2) is 67.7 Å². The second-order valence-electron chi connectivity index (χ2n) is 6.62. The van der Waals surface area contributed by atoms with Crippen LogP contribution in [0, 0.1) is 0 Å². The first kappa shape index (κ1) is 17.7. The van der Waals surface area contributed by atoms with Gasteiger partial charge in [-0.1, -0.05) is 0 Å². The van der Waals surface area contributed by atoms with Crippen LogP contribution in [0.3, 0.4) is 0 Å². The fourth-order valence-electron chi connectivity index (χ4n) is 3.50. The van der Waals surface area contributed by atoms with Crippen LogP contribution in [0.4, 0.5) is 16.2 Å². The van der Waals surface area contributed by atoms with Crippen LogP contribution < -0.4 is 10.6 Å². The molecule has 0 aliphatic carbocycles. The topological polar surface area (TPSA) is 73.9 Å². The van der Waals surface area contributed by atoms with Crippen molar-refractivity contribution in [2.24, 2.45) is 0 Å². The number of nitrogens with one attached hydrogen (secondary N) is 2. The number of anilines is 2. The Hall–Kier alpha value is -2.12. The van der Waals surface area contributed by atoms with Gasteiger partial charge in [-0.05, 0) is 56.6 Å². The number of hydrogen-bond acceptors (Lipinski definition) is 4. The molecule has 0 spiro atoms. The molecular weight excluding hydrogens is 320 g/mol. The van der Waals surface area contributed by atoms with Crippen molar-refractivity contribution < 1.29 is 14.3 Å². The minimum Gasteiger partial charge on any atom is -0.375 e. The third-order valence-corrected chi connectivity index (χ3v) is 4.80. The number of carbonyl (C=O) groups is 2. The number of amides is 3. The van der Waals surface area contributed by atoms with Crippen molar-refractivity contribution >= 4 is 23.3 Å². The molecular formula is C18H26N4O3. The number of urea groups is 1. The Morgan fingerprint density at radius 3 is 2.36 bits per heavy atom. The minimum atomic E-state index is -0.204. The van der Waals surface area contributed by atoms with E-state index in [9.17, 15) is 9.59 Å². The molecule has 1 aromatic rings. The molecule has 7 nitrogen and oxygen atoms in total. The summed E-state index contributed by atoms with van der Waals surface area (Å²) in [6, 6.07) is 7.55. The number of methoxy groups -OCH3 is 1. The summed E-state index contributed by atoms with van der Waals surface area (Å²) in [4.78, 5) is 28.3. The Kier molecular flexibility index (Phi) is 5.88. The molecule has 1 aromatic carbocycles. The zero-order valence-electron chi connectivity index (χ0n) is 14.7. The standard InChI is InChI=1S/C18H26N4O3/c1-25-13-17(23)19-14-4-6-15(7-5-14)20-18(24)22-11-8-16(12-22)21-9-2-3-10-21/h4-7,16H,2-3,8-13H2,1H3,(H,19,23)(H,20,24). The van der Waals surface area contributed by atoms with E-state index in [2.05, 4.69) is 15.5 Å². The molecule has 25 heavy (non-hydrogen) atoms. The van der Waals surface area contributed by atoms with Crippen molar-refractivity contribution in [3.05, 3.63) is 24.3 Å². The maximum absolute atomic E-state index is 12.4. The van der Waals surface area contributed by atoms with Crippen LogP contribution in [0.2, 0.25) is 0 Å². The molecule has 0 aromatic heterocycles. The summed E-state index contributed by atoms with van der Waals surface area (Å²) in [5, 5.41) is 5.65. The Morgan fingerprint density at radius 2 is 1.72 bits per heavy atom. The zero-order valence-corrected chi connectivity index (χ0v) is 14.7. The van der Waals surface area contributed by atoms with Crippen molar-refractivity contribution in [2.75, 3.05) is 50.5 Å². The van der Waals surface area contributed by atoms with Gasteiger partial charge in [0.15, 0.2) is 0 Å². The molecule has 2 N–H and O–H groups in total. The molecule has 2 fully saturated rings. The number of carbonyl (C=O) groups excluding carboxylic acids is 2. The summed E-state index contributed by atoms with van der Waals surface area (Å²) in [5.74, 6) is -0.204. The summed E-state index contributed by atoms with van der Waals surface area (Å²) < 4.78 is 4.78. The lowest BCUT2D eigenvalue weighted by Gasteiger charge is -2.23. The second kappa shape index (κ2) is 8.31. The summed E-state index contributed by atoms with van der Waals surface area (Å²) in [6.07, 6.45) is 3.60. The Labute approximate surface area is 148 Å². The van der Waals surface area contributed by atoms with Gasteiger partial charge in [0.25, 0.3) is 0 Å². The fourth-order valence-corrected chi connectivity index (χ4v) is 3.50. The van der Waals surface area contributed by atoms with E-state index < -0.39 is 0 Å². The van der Waals surface area contributed by atoms with Gasteiger partial charge < -0.3 is 20.3 Å². The van der Waals surface area contributed by atoms with E-state index in [-0.39, 0.29) is 18.5 Å². The fraction of sp³-hybridized carbons (Fsp3) is 0.556. The van der Waals surface area contributed by atoms with Gasteiger partial charge >= 0.3 is 6.03 Å². The molecule has 2 aliphatic heterocycles. The predicted molar refractivity (Wildman–Crippen MR) is 96.8 cm³/mol. The number of ether oxygens (including phenoxy) is 1.